The van der Waals surface area contributed by atoms with Crippen LogP contribution in [0, 0.1) is 11.3 Å². The molecule has 0 fully saturated rings. The molecule has 1 heterocycles. The van der Waals surface area contributed by atoms with Gasteiger partial charge in [0.2, 0.25) is 5.95 Å². The Morgan fingerprint density at radius 3 is 2.74 bits per heavy atom. The van der Waals surface area contributed by atoms with Gasteiger partial charge in [-0.15, -0.1) is 0 Å². The van der Waals surface area contributed by atoms with Crippen LogP contribution in [0.4, 0.5) is 23.3 Å². The third-order valence-corrected chi connectivity index (χ3v) is 2.41. The fourth-order valence-corrected chi connectivity index (χ4v) is 1.63. The molecule has 2 rings (SSSR count). The van der Waals surface area contributed by atoms with Crippen molar-refractivity contribution in [2.24, 2.45) is 0 Å². The highest BCUT2D eigenvalue weighted by Crippen LogP contribution is 2.21. The Balaban J connectivity index is 2.30. The van der Waals surface area contributed by atoms with Gasteiger partial charge in [0, 0.05) is 12.6 Å². The molecule has 0 spiro atoms. The van der Waals surface area contributed by atoms with Crippen LogP contribution in [0.1, 0.15) is 12.5 Å². The van der Waals surface area contributed by atoms with E-state index in [2.05, 4.69) is 26.7 Å². The van der Waals surface area contributed by atoms with Gasteiger partial charge in [-0.1, -0.05) is 12.1 Å². The second kappa shape index (κ2) is 5.69. The average molecular weight is 254 g/mol. The van der Waals surface area contributed by atoms with Gasteiger partial charge in [0.05, 0.1) is 11.3 Å². The van der Waals surface area contributed by atoms with E-state index in [0.717, 1.165) is 6.54 Å². The molecule has 0 aliphatic heterocycles. The van der Waals surface area contributed by atoms with Gasteiger partial charge >= 0.3 is 0 Å². The van der Waals surface area contributed by atoms with Crippen LogP contribution in [0.15, 0.2) is 30.3 Å². The van der Waals surface area contributed by atoms with Gasteiger partial charge in [-0.05, 0) is 19.1 Å². The molecule has 0 radical (unpaired) electrons. The molecule has 0 unspecified atom stereocenters. The molecule has 0 amide bonds. The minimum Gasteiger partial charge on any atom is -0.370 e. The highest BCUT2D eigenvalue weighted by molar-refractivity contribution is 5.66. The van der Waals surface area contributed by atoms with Crippen molar-refractivity contribution in [1.82, 2.24) is 9.97 Å². The zero-order chi connectivity index (χ0) is 13.7. The maximum atomic E-state index is 9.03. The van der Waals surface area contributed by atoms with Gasteiger partial charge in [0.1, 0.15) is 17.7 Å². The van der Waals surface area contributed by atoms with Crippen LogP contribution in [0.5, 0.6) is 0 Å². The molecular formula is C13H14N6. The lowest BCUT2D eigenvalue weighted by Gasteiger charge is -2.09. The maximum absolute atomic E-state index is 9.03. The average Bonchev–Trinajstić information content (AvgIpc) is 2.39. The molecule has 6 heteroatoms. The molecule has 0 saturated heterocycles. The zero-order valence-electron chi connectivity index (χ0n) is 10.5. The van der Waals surface area contributed by atoms with E-state index in [1.54, 1.807) is 12.1 Å². The van der Waals surface area contributed by atoms with E-state index in [9.17, 15) is 0 Å². The molecule has 4 N–H and O–H groups in total. The van der Waals surface area contributed by atoms with Crippen molar-refractivity contribution >= 4 is 23.3 Å². The molecule has 0 bridgehead atoms. The second-order valence-electron chi connectivity index (χ2n) is 3.81. The lowest BCUT2D eigenvalue weighted by molar-refractivity contribution is 1.12. The molecule has 1 aromatic heterocycles. The minimum absolute atomic E-state index is 0.176. The largest absolute Gasteiger partial charge is 0.370 e. The van der Waals surface area contributed by atoms with E-state index in [1.807, 2.05) is 25.1 Å². The number of anilines is 4. The van der Waals surface area contributed by atoms with Crippen molar-refractivity contribution in [2.45, 2.75) is 6.92 Å². The van der Waals surface area contributed by atoms with Gasteiger partial charge in [-0.25, -0.2) is 0 Å². The first-order valence-corrected chi connectivity index (χ1v) is 5.87. The predicted molar refractivity (Wildman–Crippen MR) is 75.0 cm³/mol. The molecule has 2 aromatic rings. The Hall–Kier alpha value is -2.81. The topological polar surface area (TPSA) is 99.6 Å². The monoisotopic (exact) mass is 254 g/mol. The molecule has 19 heavy (non-hydrogen) atoms. The van der Waals surface area contributed by atoms with Crippen LogP contribution in [0.2, 0.25) is 0 Å². The molecule has 0 aliphatic carbocycles. The number of nitrogen functional groups attached to an aromatic ring is 1. The van der Waals surface area contributed by atoms with Gasteiger partial charge in [0.15, 0.2) is 0 Å². The standard InChI is InChI=1S/C13H14N6/c1-2-16-11-7-12(19-13(15)18-11)17-10-6-4-3-5-9(10)8-14/h3-7H,2H2,1H3,(H4,15,16,17,18,19). The molecule has 0 saturated carbocycles. The van der Waals surface area contributed by atoms with Crippen molar-refractivity contribution in [3.8, 4) is 6.07 Å². The number of nitriles is 1. The lowest BCUT2D eigenvalue weighted by atomic mass is 10.2. The molecular weight excluding hydrogens is 240 g/mol. The van der Waals surface area contributed by atoms with Crippen molar-refractivity contribution in [2.75, 3.05) is 22.9 Å². The SMILES string of the molecule is CCNc1cc(Nc2ccccc2C#N)nc(N)n1. The fraction of sp³-hybridized carbons (Fsp3) is 0.154. The number of benzene rings is 1. The number of aromatic nitrogens is 2. The Morgan fingerprint density at radius 2 is 2.00 bits per heavy atom. The molecule has 1 aromatic carbocycles. The predicted octanol–water partition coefficient (Wildman–Crippen LogP) is 2.11. The van der Waals surface area contributed by atoms with Crippen molar-refractivity contribution in [3.05, 3.63) is 35.9 Å². The summed E-state index contributed by atoms with van der Waals surface area (Å²) in [5.41, 5.74) is 6.88. The van der Waals surface area contributed by atoms with Crippen LogP contribution in [0.3, 0.4) is 0 Å². The van der Waals surface area contributed by atoms with Crippen molar-refractivity contribution in [1.29, 1.82) is 5.26 Å². The highest BCUT2D eigenvalue weighted by atomic mass is 15.1. The van der Waals surface area contributed by atoms with E-state index >= 15 is 0 Å². The first-order chi connectivity index (χ1) is 9.22. The number of rotatable bonds is 4. The summed E-state index contributed by atoms with van der Waals surface area (Å²) in [5, 5.41) is 15.2. The fourth-order valence-electron chi connectivity index (χ4n) is 1.63. The van der Waals surface area contributed by atoms with E-state index in [-0.39, 0.29) is 5.95 Å². The van der Waals surface area contributed by atoms with E-state index in [4.69, 9.17) is 11.0 Å². The number of nitrogens with two attached hydrogens (primary N) is 1. The minimum atomic E-state index is 0.176. The third kappa shape index (κ3) is 3.10. The quantitative estimate of drug-likeness (QED) is 0.772. The van der Waals surface area contributed by atoms with Crippen LogP contribution in [-0.2, 0) is 0 Å². The van der Waals surface area contributed by atoms with Crippen LogP contribution in [0.25, 0.3) is 0 Å². The molecule has 0 aliphatic rings. The van der Waals surface area contributed by atoms with Crippen molar-refractivity contribution in [3.63, 3.8) is 0 Å². The number of hydrogen-bond donors (Lipinski definition) is 3. The van der Waals surface area contributed by atoms with Crippen molar-refractivity contribution < 1.29 is 0 Å². The van der Waals surface area contributed by atoms with E-state index in [0.29, 0.717) is 22.9 Å². The van der Waals surface area contributed by atoms with Gasteiger partial charge in [-0.2, -0.15) is 15.2 Å². The zero-order valence-corrected chi connectivity index (χ0v) is 10.5. The lowest BCUT2D eigenvalue weighted by Crippen LogP contribution is -2.06. The second-order valence-corrected chi connectivity index (χ2v) is 3.81. The summed E-state index contributed by atoms with van der Waals surface area (Å²) in [6, 6.07) is 11.1. The summed E-state index contributed by atoms with van der Waals surface area (Å²) in [6.07, 6.45) is 0. The summed E-state index contributed by atoms with van der Waals surface area (Å²) >= 11 is 0. The normalized spacial score (nSPS) is 9.68. The summed E-state index contributed by atoms with van der Waals surface area (Å²) in [6.45, 7) is 2.71. The highest BCUT2D eigenvalue weighted by Gasteiger charge is 2.05. The third-order valence-electron chi connectivity index (χ3n) is 2.41. The van der Waals surface area contributed by atoms with Gasteiger partial charge in [0.25, 0.3) is 0 Å². The first-order valence-electron chi connectivity index (χ1n) is 5.87. The Labute approximate surface area is 111 Å². The maximum Gasteiger partial charge on any atom is 0.223 e. The molecule has 0 atom stereocenters. The summed E-state index contributed by atoms with van der Waals surface area (Å²) in [7, 11) is 0. The van der Waals surface area contributed by atoms with E-state index < -0.39 is 0 Å². The number of nitrogens with one attached hydrogen (secondary N) is 2. The summed E-state index contributed by atoms with van der Waals surface area (Å²) in [5.74, 6) is 1.37. The summed E-state index contributed by atoms with van der Waals surface area (Å²) < 4.78 is 0. The molecule has 96 valence electrons. The number of hydrogen-bond acceptors (Lipinski definition) is 6. The Bertz CT molecular complexity index is 617. The van der Waals surface area contributed by atoms with Crippen LogP contribution in [-0.4, -0.2) is 16.5 Å². The number of nitrogens with zero attached hydrogens (tertiary/aromatic N) is 3. The Morgan fingerprint density at radius 1 is 1.26 bits per heavy atom. The first kappa shape index (κ1) is 12.6. The summed E-state index contributed by atoms with van der Waals surface area (Å²) in [4.78, 5) is 8.15. The van der Waals surface area contributed by atoms with Crippen LogP contribution >= 0.6 is 0 Å². The Kier molecular flexibility index (Phi) is 3.78. The smallest absolute Gasteiger partial charge is 0.223 e. The van der Waals surface area contributed by atoms with Gasteiger partial charge < -0.3 is 16.4 Å². The van der Waals surface area contributed by atoms with E-state index in [1.165, 1.54) is 0 Å². The van der Waals surface area contributed by atoms with Gasteiger partial charge in [-0.3, -0.25) is 0 Å². The molecule has 6 nitrogen and oxygen atoms in total. The number of para-hydroxylation sites is 1. The van der Waals surface area contributed by atoms with Crippen LogP contribution < -0.4 is 16.4 Å².